The summed E-state index contributed by atoms with van der Waals surface area (Å²) in [5.74, 6) is -0.634. The summed E-state index contributed by atoms with van der Waals surface area (Å²) >= 11 is 0. The van der Waals surface area contributed by atoms with Gasteiger partial charge >= 0.3 is 5.69 Å². The van der Waals surface area contributed by atoms with E-state index in [0.29, 0.717) is 0 Å². The van der Waals surface area contributed by atoms with Crippen LogP contribution in [0, 0.1) is 0 Å². The number of nitrogens with zero attached hydrogens (tertiary/aromatic N) is 2. The summed E-state index contributed by atoms with van der Waals surface area (Å²) in [5.41, 5.74) is -0.550. The number of aromatic nitrogens is 2. The minimum absolute atomic E-state index is 0.205. The zero-order chi connectivity index (χ0) is 15.2. The molecule has 1 aromatic heterocycles. The van der Waals surface area contributed by atoms with Crippen molar-refractivity contribution < 1.29 is 23.3 Å². The summed E-state index contributed by atoms with van der Waals surface area (Å²) in [6.45, 7) is 2.77. The lowest BCUT2D eigenvalue weighted by atomic mass is 10.1. The summed E-state index contributed by atoms with van der Waals surface area (Å²) in [6.07, 6.45) is -1.16. The number of fused-ring (bicyclic) bond motifs is 1. The van der Waals surface area contributed by atoms with Crippen LogP contribution in [0.1, 0.15) is 20.1 Å². The molecule has 0 saturated carbocycles. The molecule has 2 saturated heterocycles. The average Bonchev–Trinajstić information content (AvgIpc) is 2.92. The van der Waals surface area contributed by atoms with Crippen molar-refractivity contribution in [3.05, 3.63) is 22.7 Å². The van der Waals surface area contributed by atoms with Crippen molar-refractivity contribution in [3.63, 3.8) is 0 Å². The summed E-state index contributed by atoms with van der Waals surface area (Å²) < 4.78 is 36.3. The van der Waals surface area contributed by atoms with Gasteiger partial charge in [-0.1, -0.05) is 0 Å². The molecule has 0 unspecified atom stereocenters. The first-order valence-corrected chi connectivity index (χ1v) is 6.65. The number of hydrogen-bond donors (Lipinski definition) is 0. The van der Waals surface area contributed by atoms with E-state index in [2.05, 4.69) is 4.98 Å². The second-order valence-corrected chi connectivity index (χ2v) is 5.44. The maximum absolute atomic E-state index is 13.1. The Hall–Kier alpha value is -1.51. The van der Waals surface area contributed by atoms with Gasteiger partial charge in [0, 0.05) is 12.3 Å². The summed E-state index contributed by atoms with van der Waals surface area (Å²) in [7, 11) is 1.42. The normalized spacial score (nSPS) is 33.9. The van der Waals surface area contributed by atoms with E-state index in [9.17, 15) is 9.18 Å². The fourth-order valence-corrected chi connectivity index (χ4v) is 2.71. The molecule has 7 nitrogen and oxygen atoms in total. The molecule has 3 rings (SSSR count). The van der Waals surface area contributed by atoms with Gasteiger partial charge in [0.1, 0.15) is 25.0 Å². The molecule has 116 valence electrons. The second-order valence-electron chi connectivity index (χ2n) is 5.44. The average molecular weight is 300 g/mol. The lowest BCUT2D eigenvalue weighted by molar-refractivity contribution is -0.198. The monoisotopic (exact) mass is 300 g/mol. The van der Waals surface area contributed by atoms with E-state index in [1.807, 2.05) is 0 Å². The number of hydrogen-bond acceptors (Lipinski definition) is 6. The Kier molecular flexibility index (Phi) is 3.46. The van der Waals surface area contributed by atoms with Crippen molar-refractivity contribution in [3.8, 4) is 5.88 Å². The molecule has 8 heteroatoms. The van der Waals surface area contributed by atoms with Crippen molar-refractivity contribution in [2.24, 2.45) is 0 Å². The predicted molar refractivity (Wildman–Crippen MR) is 68.8 cm³/mol. The van der Waals surface area contributed by atoms with E-state index >= 15 is 0 Å². The minimum atomic E-state index is -0.839. The Morgan fingerprint density at radius 1 is 1.43 bits per heavy atom. The van der Waals surface area contributed by atoms with Gasteiger partial charge in [0.2, 0.25) is 5.88 Å². The molecule has 2 aliphatic heterocycles. The molecule has 3 heterocycles. The largest absolute Gasteiger partial charge is 0.481 e. The van der Waals surface area contributed by atoms with Crippen molar-refractivity contribution in [2.75, 3.05) is 13.8 Å². The molecule has 21 heavy (non-hydrogen) atoms. The van der Waals surface area contributed by atoms with Gasteiger partial charge in [-0.05, 0) is 13.8 Å². The molecule has 1 aromatic rings. The molecule has 0 N–H and O–H groups in total. The van der Waals surface area contributed by atoms with Crippen LogP contribution in [-0.2, 0) is 14.2 Å². The lowest BCUT2D eigenvalue weighted by Gasteiger charge is -2.24. The van der Waals surface area contributed by atoms with Crippen LogP contribution < -0.4 is 10.4 Å². The zero-order valence-corrected chi connectivity index (χ0v) is 12.0. The van der Waals surface area contributed by atoms with Crippen LogP contribution in [0.3, 0.4) is 0 Å². The maximum Gasteiger partial charge on any atom is 0.353 e. The molecular formula is C13H17FN2O5. The molecule has 0 bridgehead atoms. The first kappa shape index (κ1) is 14.4. The van der Waals surface area contributed by atoms with Crippen molar-refractivity contribution in [1.29, 1.82) is 0 Å². The molecule has 2 fully saturated rings. The number of halogens is 1. The topological polar surface area (TPSA) is 71.8 Å². The summed E-state index contributed by atoms with van der Waals surface area (Å²) in [4.78, 5) is 15.8. The molecule has 2 aliphatic rings. The van der Waals surface area contributed by atoms with Gasteiger partial charge in [0.25, 0.3) is 0 Å². The van der Waals surface area contributed by atoms with Crippen LogP contribution in [0.15, 0.2) is 17.1 Å². The van der Waals surface area contributed by atoms with E-state index in [0.717, 1.165) is 0 Å². The van der Waals surface area contributed by atoms with E-state index in [4.69, 9.17) is 18.9 Å². The number of methoxy groups -OCH3 is 1. The Balaban J connectivity index is 1.94. The second kappa shape index (κ2) is 5.04. The smallest absolute Gasteiger partial charge is 0.353 e. The fraction of sp³-hybridized carbons (Fsp3) is 0.692. The minimum Gasteiger partial charge on any atom is -0.481 e. The van der Waals surface area contributed by atoms with Crippen LogP contribution >= 0.6 is 0 Å². The third-order valence-corrected chi connectivity index (χ3v) is 3.57. The molecule has 0 spiro atoms. The lowest BCUT2D eigenvalue weighted by Crippen LogP contribution is -2.34. The van der Waals surface area contributed by atoms with Crippen LogP contribution in [0.2, 0.25) is 0 Å². The highest BCUT2D eigenvalue weighted by molar-refractivity contribution is 5.07. The van der Waals surface area contributed by atoms with Gasteiger partial charge in [-0.2, -0.15) is 4.98 Å². The van der Waals surface area contributed by atoms with Crippen LogP contribution in [0.5, 0.6) is 5.88 Å². The van der Waals surface area contributed by atoms with Crippen molar-refractivity contribution in [1.82, 2.24) is 9.55 Å². The zero-order valence-electron chi connectivity index (χ0n) is 12.0. The summed E-state index contributed by atoms with van der Waals surface area (Å²) in [5, 5.41) is 0. The quantitative estimate of drug-likeness (QED) is 0.816. The number of alkyl halides is 1. The van der Waals surface area contributed by atoms with Gasteiger partial charge in [-0.3, -0.25) is 4.57 Å². The molecule has 0 aromatic carbocycles. The van der Waals surface area contributed by atoms with Gasteiger partial charge in [-0.25, -0.2) is 9.18 Å². The Morgan fingerprint density at radius 3 is 2.76 bits per heavy atom. The first-order chi connectivity index (χ1) is 9.95. The standard InChI is InChI=1S/C13H17FN2O5/c1-13(2)20-9-7(6-14)19-11(10(9)21-13)16-5-4-8(18-3)15-12(16)17/h4-5,7,9-11H,6H2,1-3H3/t7-,9-,10-,11-/m1/s1. The Labute approximate surface area is 120 Å². The number of rotatable bonds is 3. The Morgan fingerprint density at radius 2 is 2.14 bits per heavy atom. The highest BCUT2D eigenvalue weighted by atomic mass is 19.1. The molecule has 0 amide bonds. The van der Waals surface area contributed by atoms with E-state index < -0.39 is 42.7 Å². The highest BCUT2D eigenvalue weighted by Crippen LogP contribution is 2.42. The van der Waals surface area contributed by atoms with Crippen LogP contribution in [0.25, 0.3) is 0 Å². The maximum atomic E-state index is 13.1. The third kappa shape index (κ3) is 2.43. The SMILES string of the molecule is COc1ccn([C@@H]2O[C@H](CF)[C@H]3OC(C)(C)O[C@H]32)c(=O)n1. The van der Waals surface area contributed by atoms with Crippen LogP contribution in [-0.4, -0.2) is 47.4 Å². The third-order valence-electron chi connectivity index (χ3n) is 3.57. The highest BCUT2D eigenvalue weighted by Gasteiger charge is 2.56. The van der Waals surface area contributed by atoms with Crippen molar-refractivity contribution >= 4 is 0 Å². The van der Waals surface area contributed by atoms with Gasteiger partial charge < -0.3 is 18.9 Å². The van der Waals surface area contributed by atoms with E-state index in [-0.39, 0.29) is 5.88 Å². The number of ether oxygens (including phenoxy) is 4. The van der Waals surface area contributed by atoms with E-state index in [1.165, 1.54) is 23.9 Å². The van der Waals surface area contributed by atoms with E-state index in [1.54, 1.807) is 13.8 Å². The summed E-state index contributed by atoms with van der Waals surface area (Å²) in [6, 6.07) is 1.53. The molecular weight excluding hydrogens is 283 g/mol. The fourth-order valence-electron chi connectivity index (χ4n) is 2.71. The molecule has 4 atom stereocenters. The first-order valence-electron chi connectivity index (χ1n) is 6.65. The van der Waals surface area contributed by atoms with Gasteiger partial charge in [0.15, 0.2) is 12.0 Å². The Bertz CT molecular complexity index is 590. The molecule has 0 radical (unpaired) electrons. The predicted octanol–water partition coefficient (Wildman–Crippen LogP) is 0.639. The van der Waals surface area contributed by atoms with Gasteiger partial charge in [0.05, 0.1) is 7.11 Å². The van der Waals surface area contributed by atoms with Crippen molar-refractivity contribution in [2.45, 2.75) is 44.2 Å². The van der Waals surface area contributed by atoms with Crippen LogP contribution in [0.4, 0.5) is 4.39 Å². The van der Waals surface area contributed by atoms with Gasteiger partial charge in [-0.15, -0.1) is 0 Å². The molecule has 0 aliphatic carbocycles.